The van der Waals surface area contributed by atoms with E-state index in [4.69, 9.17) is 0 Å². The zero-order valence-electron chi connectivity index (χ0n) is 16.8. The van der Waals surface area contributed by atoms with Crippen LogP contribution in [-0.2, 0) is 4.79 Å². The van der Waals surface area contributed by atoms with Crippen LogP contribution in [0.1, 0.15) is 49.1 Å². The Labute approximate surface area is 178 Å². The van der Waals surface area contributed by atoms with Gasteiger partial charge in [-0.2, -0.15) is 0 Å². The molecule has 4 atom stereocenters. The summed E-state index contributed by atoms with van der Waals surface area (Å²) in [5.74, 6) is 0.159. The Kier molecular flexibility index (Phi) is 4.53. The van der Waals surface area contributed by atoms with Gasteiger partial charge in [-0.3, -0.25) is 14.9 Å². The maximum absolute atomic E-state index is 13.3. The second-order valence-corrected chi connectivity index (χ2v) is 10.1. The number of rotatable bonds is 3. The van der Waals surface area contributed by atoms with Crippen LogP contribution in [0.3, 0.4) is 0 Å². The lowest BCUT2D eigenvalue weighted by Gasteiger charge is -2.44. The molecule has 1 aromatic carbocycles. The smallest absolute Gasteiger partial charge is 0.269 e. The molecule has 0 spiro atoms. The van der Waals surface area contributed by atoms with Crippen molar-refractivity contribution in [3.63, 3.8) is 0 Å². The fourth-order valence-electron chi connectivity index (χ4n) is 5.22. The number of nitro groups is 1. The SMILES string of the molecule is CC1(C)CC(=O)C2=C(C1)NC1NNC(c3cccc([N+](=O)[O-])c3)C1C2c1cccs1. The third-order valence-corrected chi connectivity index (χ3v) is 7.35. The largest absolute Gasteiger partial charge is 0.371 e. The molecule has 156 valence electrons. The maximum atomic E-state index is 13.3. The first kappa shape index (κ1) is 19.4. The minimum atomic E-state index is -0.368. The number of carbonyl (C=O) groups excluding carboxylic acids is 1. The van der Waals surface area contributed by atoms with Gasteiger partial charge in [0.2, 0.25) is 0 Å². The highest BCUT2D eigenvalue weighted by atomic mass is 32.1. The molecule has 7 nitrogen and oxygen atoms in total. The third-order valence-electron chi connectivity index (χ3n) is 6.40. The summed E-state index contributed by atoms with van der Waals surface area (Å²) in [4.78, 5) is 25.4. The van der Waals surface area contributed by atoms with Crippen molar-refractivity contribution < 1.29 is 9.72 Å². The molecular formula is C22H24N4O3S. The Morgan fingerprint density at radius 1 is 1.17 bits per heavy atom. The third kappa shape index (κ3) is 3.15. The molecule has 0 saturated carbocycles. The molecule has 0 bridgehead atoms. The van der Waals surface area contributed by atoms with Crippen LogP contribution < -0.4 is 16.2 Å². The molecule has 0 radical (unpaired) electrons. The van der Waals surface area contributed by atoms with Crippen LogP contribution in [0.5, 0.6) is 0 Å². The van der Waals surface area contributed by atoms with Crippen LogP contribution in [0.4, 0.5) is 5.69 Å². The average Bonchev–Trinajstić information content (AvgIpc) is 3.35. The van der Waals surface area contributed by atoms with Gasteiger partial charge in [0.1, 0.15) is 0 Å². The van der Waals surface area contributed by atoms with Crippen LogP contribution in [0.25, 0.3) is 0 Å². The standard InChI is InChI=1S/C22H24N4O3S/c1-22(2)10-14-17(15(27)11-22)18(16-7-4-8-30-16)19-20(24-25-21(19)23-14)12-5-3-6-13(9-12)26(28)29/h3-9,18-21,23-25H,10-11H2,1-2H3. The average molecular weight is 425 g/mol. The number of carbonyl (C=O) groups is 1. The van der Waals surface area contributed by atoms with Crippen LogP contribution >= 0.6 is 11.3 Å². The minimum Gasteiger partial charge on any atom is -0.371 e. The molecule has 2 aromatic rings. The van der Waals surface area contributed by atoms with Crippen molar-refractivity contribution in [2.75, 3.05) is 0 Å². The second kappa shape index (κ2) is 7.01. The Morgan fingerprint density at radius 3 is 2.73 bits per heavy atom. The van der Waals surface area contributed by atoms with Gasteiger partial charge in [-0.05, 0) is 28.8 Å². The monoisotopic (exact) mass is 424 g/mol. The number of hydrazine groups is 1. The predicted molar refractivity (Wildman–Crippen MR) is 115 cm³/mol. The lowest BCUT2D eigenvalue weighted by atomic mass is 9.66. The number of benzene rings is 1. The Hall–Kier alpha value is -2.55. The molecule has 1 aliphatic carbocycles. The van der Waals surface area contributed by atoms with Gasteiger partial charge in [-0.1, -0.05) is 32.0 Å². The summed E-state index contributed by atoms with van der Waals surface area (Å²) < 4.78 is 0. The molecule has 3 heterocycles. The normalized spacial score (nSPS) is 29.9. The molecule has 30 heavy (non-hydrogen) atoms. The summed E-state index contributed by atoms with van der Waals surface area (Å²) >= 11 is 1.66. The van der Waals surface area contributed by atoms with Crippen LogP contribution in [-0.4, -0.2) is 16.9 Å². The quantitative estimate of drug-likeness (QED) is 0.513. The van der Waals surface area contributed by atoms with E-state index >= 15 is 0 Å². The van der Waals surface area contributed by atoms with E-state index in [1.54, 1.807) is 23.5 Å². The Morgan fingerprint density at radius 2 is 2.00 bits per heavy atom. The van der Waals surface area contributed by atoms with E-state index in [1.807, 2.05) is 17.5 Å². The van der Waals surface area contributed by atoms with Gasteiger partial charge in [0.15, 0.2) is 5.78 Å². The molecule has 5 rings (SSSR count). The summed E-state index contributed by atoms with van der Waals surface area (Å²) in [5, 5.41) is 16.9. The Bertz CT molecular complexity index is 1050. The molecule has 1 fully saturated rings. The molecular weight excluding hydrogens is 400 g/mol. The number of hydrogen-bond acceptors (Lipinski definition) is 7. The van der Waals surface area contributed by atoms with E-state index in [1.165, 1.54) is 6.07 Å². The van der Waals surface area contributed by atoms with Crippen LogP contribution in [0, 0.1) is 21.4 Å². The fraction of sp³-hybridized carbons (Fsp3) is 0.409. The maximum Gasteiger partial charge on any atom is 0.269 e. The highest BCUT2D eigenvalue weighted by molar-refractivity contribution is 7.10. The first-order valence-corrected chi connectivity index (χ1v) is 11.0. The number of thiophene rings is 1. The fourth-order valence-corrected chi connectivity index (χ4v) is 6.12. The molecule has 2 aliphatic heterocycles. The number of ketones is 1. The van der Waals surface area contributed by atoms with Gasteiger partial charge >= 0.3 is 0 Å². The van der Waals surface area contributed by atoms with Crippen LogP contribution in [0.2, 0.25) is 0 Å². The van der Waals surface area contributed by atoms with Crippen molar-refractivity contribution in [2.45, 2.75) is 44.8 Å². The van der Waals surface area contributed by atoms with E-state index in [0.29, 0.717) is 6.42 Å². The van der Waals surface area contributed by atoms with E-state index < -0.39 is 0 Å². The summed E-state index contributed by atoms with van der Waals surface area (Å²) in [6, 6.07) is 10.7. The van der Waals surface area contributed by atoms with Gasteiger partial charge in [-0.15, -0.1) is 11.3 Å². The second-order valence-electron chi connectivity index (χ2n) is 9.14. The number of nitrogens with one attached hydrogen (secondary N) is 3. The first-order chi connectivity index (χ1) is 14.3. The van der Waals surface area contributed by atoms with Crippen molar-refractivity contribution in [1.82, 2.24) is 16.2 Å². The van der Waals surface area contributed by atoms with E-state index in [-0.39, 0.29) is 45.9 Å². The van der Waals surface area contributed by atoms with Gasteiger partial charge in [0, 0.05) is 46.5 Å². The van der Waals surface area contributed by atoms with Crippen molar-refractivity contribution in [3.05, 3.63) is 73.6 Å². The molecule has 3 N–H and O–H groups in total. The van der Waals surface area contributed by atoms with Crippen LogP contribution in [0.15, 0.2) is 53.0 Å². The summed E-state index contributed by atoms with van der Waals surface area (Å²) in [5.41, 5.74) is 9.47. The minimum absolute atomic E-state index is 0.00886. The summed E-state index contributed by atoms with van der Waals surface area (Å²) in [6.45, 7) is 4.27. The summed E-state index contributed by atoms with van der Waals surface area (Å²) in [6.07, 6.45) is 1.30. The van der Waals surface area contributed by atoms with E-state index in [9.17, 15) is 14.9 Å². The van der Waals surface area contributed by atoms with Crippen molar-refractivity contribution in [3.8, 4) is 0 Å². The van der Waals surface area contributed by atoms with E-state index in [2.05, 4.69) is 36.1 Å². The van der Waals surface area contributed by atoms with Gasteiger partial charge < -0.3 is 5.32 Å². The van der Waals surface area contributed by atoms with Gasteiger partial charge in [0.05, 0.1) is 17.1 Å². The van der Waals surface area contributed by atoms with Gasteiger partial charge in [0.25, 0.3) is 5.69 Å². The highest BCUT2D eigenvalue weighted by Crippen LogP contribution is 2.52. The number of allylic oxidation sites excluding steroid dienone is 2. The molecule has 4 unspecified atom stereocenters. The highest BCUT2D eigenvalue weighted by Gasteiger charge is 2.51. The first-order valence-electron chi connectivity index (χ1n) is 10.2. The lowest BCUT2D eigenvalue weighted by Crippen LogP contribution is -2.51. The van der Waals surface area contributed by atoms with Crippen molar-refractivity contribution in [2.24, 2.45) is 11.3 Å². The Balaban J connectivity index is 1.61. The number of nitrogens with zero attached hydrogens (tertiary/aromatic N) is 1. The summed E-state index contributed by atoms with van der Waals surface area (Å²) in [7, 11) is 0. The topological polar surface area (TPSA) is 96.3 Å². The predicted octanol–water partition coefficient (Wildman–Crippen LogP) is 3.78. The molecule has 8 heteroatoms. The zero-order chi connectivity index (χ0) is 21.0. The van der Waals surface area contributed by atoms with Crippen molar-refractivity contribution in [1.29, 1.82) is 0 Å². The zero-order valence-corrected chi connectivity index (χ0v) is 17.7. The number of hydrogen-bond donors (Lipinski definition) is 3. The molecule has 0 amide bonds. The number of Topliss-reactive ketones (excluding diaryl/α,β-unsaturated/α-hetero) is 1. The number of fused-ring (bicyclic) bond motifs is 1. The molecule has 1 aromatic heterocycles. The molecule has 3 aliphatic rings. The van der Waals surface area contributed by atoms with Crippen molar-refractivity contribution >= 4 is 22.8 Å². The molecule has 1 saturated heterocycles. The van der Waals surface area contributed by atoms with Gasteiger partial charge in [-0.25, -0.2) is 10.9 Å². The lowest BCUT2D eigenvalue weighted by molar-refractivity contribution is -0.384. The van der Waals surface area contributed by atoms with E-state index in [0.717, 1.165) is 28.1 Å². The number of nitro benzene ring substituents is 1. The number of non-ortho nitro benzene ring substituents is 1.